The lowest BCUT2D eigenvalue weighted by molar-refractivity contribution is -0.154. The Hall–Kier alpha value is -3.26. The lowest BCUT2D eigenvalue weighted by Gasteiger charge is -2.47. The third-order valence-electron chi connectivity index (χ3n) is 5.22. The number of carbonyl (C=O) groups excluding carboxylic acids is 4. The fourth-order valence-electron chi connectivity index (χ4n) is 3.70. The first-order valence-corrected chi connectivity index (χ1v) is 10.6. The molecule has 7 nitrogen and oxygen atoms in total. The minimum atomic E-state index is -1.04. The maximum absolute atomic E-state index is 13.0. The number of benzene rings is 2. The van der Waals surface area contributed by atoms with E-state index in [1.165, 1.54) is 4.90 Å². The van der Waals surface area contributed by atoms with Crippen molar-refractivity contribution in [1.82, 2.24) is 9.80 Å². The van der Waals surface area contributed by atoms with Gasteiger partial charge in [-0.1, -0.05) is 58.4 Å². The Morgan fingerprint density at radius 3 is 2.00 bits per heavy atom. The summed E-state index contributed by atoms with van der Waals surface area (Å²) < 4.78 is 5.40. The van der Waals surface area contributed by atoms with Crippen LogP contribution in [-0.4, -0.2) is 44.5 Å². The Morgan fingerprint density at radius 2 is 1.48 bits per heavy atom. The van der Waals surface area contributed by atoms with Crippen molar-refractivity contribution >= 4 is 39.6 Å². The third-order valence-corrected chi connectivity index (χ3v) is 6.13. The molecule has 4 rings (SSSR count). The normalized spacial score (nSPS) is 19.8. The molecule has 0 saturated carbocycles. The maximum Gasteiger partial charge on any atom is 0.355 e. The predicted molar refractivity (Wildman–Crippen MR) is 115 cm³/mol. The number of fused-ring (bicyclic) bond motifs is 1. The molecule has 0 spiro atoms. The summed E-state index contributed by atoms with van der Waals surface area (Å²) in [6.07, 6.45) is 0. The van der Waals surface area contributed by atoms with Gasteiger partial charge in [-0.05, 0) is 37.1 Å². The molecule has 0 aromatic heterocycles. The molecule has 158 valence electrons. The number of ether oxygens (including phenoxy) is 1. The quantitative estimate of drug-likeness (QED) is 0.163. The zero-order valence-corrected chi connectivity index (χ0v) is 18.5. The number of rotatable bonds is 5. The smallest absolute Gasteiger partial charge is 0.355 e. The Morgan fingerprint density at radius 1 is 0.935 bits per heavy atom. The molecule has 2 aromatic carbocycles. The lowest BCUT2D eigenvalue weighted by atomic mass is 10.0. The van der Waals surface area contributed by atoms with E-state index in [2.05, 4.69) is 15.9 Å². The van der Waals surface area contributed by atoms with Gasteiger partial charge in [0, 0.05) is 0 Å². The van der Waals surface area contributed by atoms with Crippen LogP contribution in [0.4, 0.5) is 0 Å². The van der Waals surface area contributed by atoms with Gasteiger partial charge in [0.25, 0.3) is 17.7 Å². The highest BCUT2D eigenvalue weighted by molar-refractivity contribution is 9.09. The van der Waals surface area contributed by atoms with E-state index >= 15 is 0 Å². The topological polar surface area (TPSA) is 84.0 Å². The fraction of sp³-hybridized carbons (Fsp3) is 0.217. The molecule has 2 aliphatic heterocycles. The standard InChI is InChI=1S/C23H19BrN2O5/c1-13(2)17(23(30)31-12-14-8-4-3-5-9-14)25-19(24)18(22(25)29)26-20(27)15-10-6-7-11-16(15)21(26)28/h3-11,18-19H,12H2,1-2H3. The highest BCUT2D eigenvalue weighted by Gasteiger charge is 2.57. The number of amides is 3. The zero-order chi connectivity index (χ0) is 22.3. The van der Waals surface area contributed by atoms with Crippen molar-refractivity contribution in [2.24, 2.45) is 0 Å². The van der Waals surface area contributed by atoms with Crippen LogP contribution in [0.2, 0.25) is 0 Å². The minimum Gasteiger partial charge on any atom is -0.456 e. The summed E-state index contributed by atoms with van der Waals surface area (Å²) in [5.41, 5.74) is 2.02. The Balaban J connectivity index is 1.52. The zero-order valence-electron chi connectivity index (χ0n) is 16.9. The number of likely N-dealkylation sites (tertiary alicyclic amines) is 1. The van der Waals surface area contributed by atoms with Crippen molar-refractivity contribution in [1.29, 1.82) is 0 Å². The van der Waals surface area contributed by atoms with Crippen molar-refractivity contribution < 1.29 is 23.9 Å². The molecule has 3 amide bonds. The molecule has 2 heterocycles. The van der Waals surface area contributed by atoms with Crippen molar-refractivity contribution in [2.45, 2.75) is 31.4 Å². The molecule has 2 unspecified atom stereocenters. The average molecular weight is 483 g/mol. The van der Waals surface area contributed by atoms with Crippen molar-refractivity contribution in [3.05, 3.63) is 82.6 Å². The summed E-state index contributed by atoms with van der Waals surface area (Å²) in [4.78, 5) is 52.8. The van der Waals surface area contributed by atoms with Crippen LogP contribution in [0, 0.1) is 0 Å². The van der Waals surface area contributed by atoms with Gasteiger partial charge in [-0.3, -0.25) is 24.2 Å². The van der Waals surface area contributed by atoms with Crippen LogP contribution < -0.4 is 0 Å². The highest BCUT2D eigenvalue weighted by atomic mass is 79.9. The van der Waals surface area contributed by atoms with Gasteiger partial charge in [-0.15, -0.1) is 0 Å². The number of halogens is 1. The molecule has 0 bridgehead atoms. The molecule has 1 fully saturated rings. The first kappa shape index (κ1) is 21.0. The van der Waals surface area contributed by atoms with Gasteiger partial charge in [0.2, 0.25) is 0 Å². The number of esters is 1. The number of β-lactam (4-membered cyclic amide) rings is 1. The number of nitrogens with zero attached hydrogens (tertiary/aromatic N) is 2. The van der Waals surface area contributed by atoms with Gasteiger partial charge in [-0.2, -0.15) is 0 Å². The molecular formula is C23H19BrN2O5. The van der Waals surface area contributed by atoms with E-state index in [0.29, 0.717) is 5.57 Å². The van der Waals surface area contributed by atoms with Gasteiger partial charge in [0.05, 0.1) is 11.1 Å². The summed E-state index contributed by atoms with van der Waals surface area (Å²) in [6, 6.07) is 14.6. The second kappa shape index (κ2) is 8.11. The van der Waals surface area contributed by atoms with Crippen LogP contribution >= 0.6 is 15.9 Å². The first-order valence-electron chi connectivity index (χ1n) is 9.65. The molecule has 2 atom stereocenters. The number of allylic oxidation sites excluding steroid dienone is 1. The SMILES string of the molecule is CC(C)=C(C(=O)OCc1ccccc1)N1C(=O)C(N2C(=O)c3ccccc3C2=O)C1Br. The fourth-order valence-corrected chi connectivity index (χ4v) is 4.57. The molecule has 0 radical (unpaired) electrons. The molecule has 2 aromatic rings. The Bertz CT molecular complexity index is 1090. The van der Waals surface area contributed by atoms with E-state index in [0.717, 1.165) is 10.5 Å². The van der Waals surface area contributed by atoms with Crippen LogP contribution in [0.25, 0.3) is 0 Å². The van der Waals surface area contributed by atoms with E-state index in [1.54, 1.807) is 38.1 Å². The van der Waals surface area contributed by atoms with E-state index in [4.69, 9.17) is 4.74 Å². The monoisotopic (exact) mass is 482 g/mol. The average Bonchev–Trinajstić information content (AvgIpc) is 3.01. The minimum absolute atomic E-state index is 0.0628. The largest absolute Gasteiger partial charge is 0.456 e. The number of imide groups is 1. The molecule has 0 aliphatic carbocycles. The summed E-state index contributed by atoms with van der Waals surface area (Å²) in [7, 11) is 0. The van der Waals surface area contributed by atoms with Crippen molar-refractivity contribution in [3.63, 3.8) is 0 Å². The molecule has 8 heteroatoms. The molecule has 31 heavy (non-hydrogen) atoms. The van der Waals surface area contributed by atoms with E-state index in [-0.39, 0.29) is 23.4 Å². The number of alkyl halides is 1. The molecule has 0 N–H and O–H groups in total. The predicted octanol–water partition coefficient (Wildman–Crippen LogP) is 3.25. The lowest BCUT2D eigenvalue weighted by Crippen LogP contribution is -2.69. The van der Waals surface area contributed by atoms with Gasteiger partial charge in [-0.25, -0.2) is 4.79 Å². The number of hydrogen-bond donors (Lipinski definition) is 0. The van der Waals surface area contributed by atoms with Crippen LogP contribution in [-0.2, 0) is 20.9 Å². The second-order valence-electron chi connectivity index (χ2n) is 7.46. The second-order valence-corrected chi connectivity index (χ2v) is 8.40. The molecule has 1 saturated heterocycles. The van der Waals surface area contributed by atoms with Gasteiger partial charge < -0.3 is 4.74 Å². The highest BCUT2D eigenvalue weighted by Crippen LogP contribution is 2.38. The Kier molecular flexibility index (Phi) is 5.49. The third kappa shape index (κ3) is 3.46. The van der Waals surface area contributed by atoms with Crippen LogP contribution in [0.5, 0.6) is 0 Å². The van der Waals surface area contributed by atoms with Gasteiger partial charge >= 0.3 is 5.97 Å². The van der Waals surface area contributed by atoms with Gasteiger partial charge in [0.1, 0.15) is 17.3 Å². The summed E-state index contributed by atoms with van der Waals surface area (Å²) in [5, 5.41) is 0. The van der Waals surface area contributed by atoms with E-state index < -0.39 is 34.7 Å². The Labute approximate surface area is 187 Å². The maximum atomic E-state index is 13.0. The summed E-state index contributed by atoms with van der Waals surface area (Å²) in [5.74, 6) is -2.21. The number of hydrogen-bond acceptors (Lipinski definition) is 5. The molecule has 2 aliphatic rings. The van der Waals surface area contributed by atoms with Gasteiger partial charge in [0.15, 0.2) is 6.04 Å². The van der Waals surface area contributed by atoms with Crippen LogP contribution in [0.15, 0.2) is 65.9 Å². The summed E-state index contributed by atoms with van der Waals surface area (Å²) >= 11 is 3.39. The van der Waals surface area contributed by atoms with E-state index in [1.807, 2.05) is 30.3 Å². The van der Waals surface area contributed by atoms with Crippen molar-refractivity contribution in [3.8, 4) is 0 Å². The van der Waals surface area contributed by atoms with Crippen molar-refractivity contribution in [2.75, 3.05) is 0 Å². The number of carbonyl (C=O) groups is 4. The first-order chi connectivity index (χ1) is 14.8. The van der Waals surface area contributed by atoms with Crippen LogP contribution in [0.3, 0.4) is 0 Å². The molecular weight excluding hydrogens is 464 g/mol. The van der Waals surface area contributed by atoms with Crippen LogP contribution in [0.1, 0.15) is 40.1 Å². The van der Waals surface area contributed by atoms with E-state index in [9.17, 15) is 19.2 Å². The summed E-state index contributed by atoms with van der Waals surface area (Å²) in [6.45, 7) is 3.45.